The number of aromatic nitrogens is 2. The lowest BCUT2D eigenvalue weighted by Gasteiger charge is -2.31. The van der Waals surface area contributed by atoms with Crippen molar-refractivity contribution in [3.63, 3.8) is 0 Å². The molecule has 0 spiro atoms. The third-order valence-corrected chi connectivity index (χ3v) is 3.12. The van der Waals surface area contributed by atoms with Crippen LogP contribution in [0.5, 0.6) is 11.5 Å². The Morgan fingerprint density at radius 1 is 1.26 bits per heavy atom. The Bertz CT molecular complexity index is 547. The summed E-state index contributed by atoms with van der Waals surface area (Å²) < 4.78 is 11.7. The first-order valence-corrected chi connectivity index (χ1v) is 6.20. The molecule has 0 radical (unpaired) electrons. The Kier molecular flexibility index (Phi) is 3.29. The number of nitrogens with zero attached hydrogens (tertiary/aromatic N) is 2. The van der Waals surface area contributed by atoms with E-state index in [1.54, 1.807) is 18.6 Å². The van der Waals surface area contributed by atoms with E-state index in [0.29, 0.717) is 6.61 Å². The molecular weight excluding hydrogens is 242 g/mol. The van der Waals surface area contributed by atoms with Gasteiger partial charge in [-0.25, -0.2) is 0 Å². The van der Waals surface area contributed by atoms with E-state index >= 15 is 0 Å². The number of hydrogen-bond donors (Lipinski definition) is 1. The maximum absolute atomic E-state index is 5.98. The molecule has 19 heavy (non-hydrogen) atoms. The van der Waals surface area contributed by atoms with Gasteiger partial charge in [0.15, 0.2) is 17.6 Å². The van der Waals surface area contributed by atoms with Crippen LogP contribution in [0.4, 0.5) is 0 Å². The van der Waals surface area contributed by atoms with Gasteiger partial charge >= 0.3 is 0 Å². The predicted octanol–water partition coefficient (Wildman–Crippen LogP) is 1.58. The van der Waals surface area contributed by atoms with E-state index < -0.39 is 0 Å². The summed E-state index contributed by atoms with van der Waals surface area (Å²) in [6, 6.07) is 7.62. The fourth-order valence-corrected chi connectivity index (χ4v) is 2.20. The lowest BCUT2D eigenvalue weighted by molar-refractivity contribution is 0.0626. The Labute approximate surface area is 111 Å². The van der Waals surface area contributed by atoms with E-state index in [1.807, 2.05) is 31.3 Å². The maximum atomic E-state index is 5.98. The zero-order valence-electron chi connectivity index (χ0n) is 10.6. The minimum atomic E-state index is -0.128. The van der Waals surface area contributed by atoms with Gasteiger partial charge in [-0.3, -0.25) is 9.97 Å². The van der Waals surface area contributed by atoms with Crippen LogP contribution in [0.25, 0.3) is 0 Å². The normalized spacial score (nSPS) is 18.9. The molecule has 1 aliphatic heterocycles. The summed E-state index contributed by atoms with van der Waals surface area (Å²) in [6.45, 7) is 0.485. The van der Waals surface area contributed by atoms with Gasteiger partial charge in [-0.2, -0.15) is 0 Å². The van der Waals surface area contributed by atoms with Crippen molar-refractivity contribution in [3.05, 3.63) is 48.5 Å². The average Bonchev–Trinajstić information content (AvgIpc) is 2.49. The van der Waals surface area contributed by atoms with Crippen LogP contribution in [0.3, 0.4) is 0 Å². The first-order chi connectivity index (χ1) is 9.38. The summed E-state index contributed by atoms with van der Waals surface area (Å²) in [7, 11) is 1.88. The van der Waals surface area contributed by atoms with Gasteiger partial charge in [-0.1, -0.05) is 12.1 Å². The van der Waals surface area contributed by atoms with Gasteiger partial charge in [0.2, 0.25) is 0 Å². The molecule has 1 aliphatic rings. The molecule has 5 heteroatoms. The molecule has 98 valence electrons. The van der Waals surface area contributed by atoms with Crippen LogP contribution >= 0.6 is 0 Å². The first kappa shape index (κ1) is 11.9. The summed E-state index contributed by atoms with van der Waals surface area (Å²) in [5, 5.41) is 3.21. The quantitative estimate of drug-likeness (QED) is 0.904. The number of rotatable bonds is 3. The van der Waals surface area contributed by atoms with E-state index in [2.05, 4.69) is 15.3 Å². The number of likely N-dealkylation sites (N-methyl/N-ethyl adjacent to an activating group) is 1. The molecule has 0 fully saturated rings. The van der Waals surface area contributed by atoms with Crippen molar-refractivity contribution in [2.75, 3.05) is 13.7 Å². The van der Waals surface area contributed by atoms with Crippen molar-refractivity contribution in [2.45, 2.75) is 12.1 Å². The monoisotopic (exact) mass is 257 g/mol. The van der Waals surface area contributed by atoms with Crippen molar-refractivity contribution < 1.29 is 9.47 Å². The summed E-state index contributed by atoms with van der Waals surface area (Å²) in [6.07, 6.45) is 4.95. The van der Waals surface area contributed by atoms with Crippen molar-refractivity contribution in [1.82, 2.24) is 15.3 Å². The fourth-order valence-electron chi connectivity index (χ4n) is 2.20. The van der Waals surface area contributed by atoms with Gasteiger partial charge in [-0.15, -0.1) is 0 Å². The molecule has 0 amide bonds. The molecular formula is C14H15N3O2. The topological polar surface area (TPSA) is 56.3 Å². The number of ether oxygens (including phenoxy) is 2. The number of benzene rings is 1. The second kappa shape index (κ2) is 5.24. The summed E-state index contributed by atoms with van der Waals surface area (Å²) >= 11 is 0. The zero-order chi connectivity index (χ0) is 13.1. The second-order valence-corrected chi connectivity index (χ2v) is 4.31. The van der Waals surface area contributed by atoms with Crippen LogP contribution in [-0.4, -0.2) is 29.7 Å². The zero-order valence-corrected chi connectivity index (χ0v) is 10.6. The number of nitrogens with one attached hydrogen (secondary N) is 1. The van der Waals surface area contributed by atoms with Crippen LogP contribution in [0.15, 0.2) is 42.9 Å². The third-order valence-electron chi connectivity index (χ3n) is 3.12. The molecule has 1 aromatic carbocycles. The molecule has 1 N–H and O–H groups in total. The molecule has 1 aromatic heterocycles. The SMILES string of the molecule is CNC(c1cnccn1)C1COc2ccccc2O1. The lowest BCUT2D eigenvalue weighted by Crippen LogP contribution is -2.40. The van der Waals surface area contributed by atoms with Gasteiger partial charge in [0.1, 0.15) is 6.61 Å². The highest BCUT2D eigenvalue weighted by Gasteiger charge is 2.29. The van der Waals surface area contributed by atoms with Gasteiger partial charge in [0.05, 0.1) is 17.9 Å². The standard InChI is InChI=1S/C14H15N3O2/c1-15-14(10-8-16-6-7-17-10)13-9-18-11-4-2-3-5-12(11)19-13/h2-8,13-15H,9H2,1H3. The van der Waals surface area contributed by atoms with E-state index in [0.717, 1.165) is 17.2 Å². The van der Waals surface area contributed by atoms with Crippen molar-refractivity contribution in [2.24, 2.45) is 0 Å². The van der Waals surface area contributed by atoms with Gasteiger partial charge < -0.3 is 14.8 Å². The summed E-state index contributed by atoms with van der Waals surface area (Å²) in [4.78, 5) is 8.41. The van der Waals surface area contributed by atoms with E-state index in [-0.39, 0.29) is 12.1 Å². The highest BCUT2D eigenvalue weighted by Crippen LogP contribution is 2.33. The Morgan fingerprint density at radius 2 is 2.11 bits per heavy atom. The fraction of sp³-hybridized carbons (Fsp3) is 0.286. The molecule has 0 saturated carbocycles. The van der Waals surface area contributed by atoms with Crippen molar-refractivity contribution in [1.29, 1.82) is 0 Å². The maximum Gasteiger partial charge on any atom is 0.161 e. The molecule has 2 unspecified atom stereocenters. The molecule has 2 atom stereocenters. The lowest BCUT2D eigenvalue weighted by atomic mass is 10.1. The predicted molar refractivity (Wildman–Crippen MR) is 70.2 cm³/mol. The van der Waals surface area contributed by atoms with Crippen LogP contribution in [0, 0.1) is 0 Å². The van der Waals surface area contributed by atoms with E-state index in [4.69, 9.17) is 9.47 Å². The Hall–Kier alpha value is -2.14. The molecule has 0 bridgehead atoms. The van der Waals surface area contributed by atoms with Crippen LogP contribution in [0.2, 0.25) is 0 Å². The van der Waals surface area contributed by atoms with Gasteiger partial charge in [0.25, 0.3) is 0 Å². The average molecular weight is 257 g/mol. The second-order valence-electron chi connectivity index (χ2n) is 4.31. The van der Waals surface area contributed by atoms with Crippen LogP contribution < -0.4 is 14.8 Å². The molecule has 0 aliphatic carbocycles. The Morgan fingerprint density at radius 3 is 2.84 bits per heavy atom. The minimum Gasteiger partial charge on any atom is -0.486 e. The molecule has 2 heterocycles. The Balaban J connectivity index is 1.83. The molecule has 2 aromatic rings. The summed E-state index contributed by atoms with van der Waals surface area (Å²) in [5.41, 5.74) is 0.845. The van der Waals surface area contributed by atoms with Crippen LogP contribution in [-0.2, 0) is 0 Å². The van der Waals surface area contributed by atoms with Crippen LogP contribution in [0.1, 0.15) is 11.7 Å². The highest BCUT2D eigenvalue weighted by atomic mass is 16.6. The largest absolute Gasteiger partial charge is 0.486 e. The van der Waals surface area contributed by atoms with E-state index in [1.165, 1.54) is 0 Å². The third kappa shape index (κ3) is 2.37. The molecule has 3 rings (SSSR count). The van der Waals surface area contributed by atoms with E-state index in [9.17, 15) is 0 Å². The number of hydrogen-bond acceptors (Lipinski definition) is 5. The van der Waals surface area contributed by atoms with Gasteiger partial charge in [0, 0.05) is 12.4 Å². The molecule has 5 nitrogen and oxygen atoms in total. The number of para-hydroxylation sites is 2. The van der Waals surface area contributed by atoms with Gasteiger partial charge in [-0.05, 0) is 19.2 Å². The smallest absolute Gasteiger partial charge is 0.161 e. The summed E-state index contributed by atoms with van der Waals surface area (Å²) in [5.74, 6) is 1.55. The van der Waals surface area contributed by atoms with Crippen molar-refractivity contribution >= 4 is 0 Å². The minimum absolute atomic E-state index is 0.0537. The molecule has 0 saturated heterocycles. The van der Waals surface area contributed by atoms with Crippen molar-refractivity contribution in [3.8, 4) is 11.5 Å². The first-order valence-electron chi connectivity index (χ1n) is 6.20. The highest BCUT2D eigenvalue weighted by molar-refractivity contribution is 5.41. The number of fused-ring (bicyclic) bond motifs is 1.